The molecule has 0 spiro atoms. The van der Waals surface area contributed by atoms with Gasteiger partial charge in [0, 0.05) is 24.2 Å². The van der Waals surface area contributed by atoms with Crippen molar-refractivity contribution in [1.82, 2.24) is 4.90 Å². The molecule has 2 aromatic rings. The molecule has 0 aromatic heterocycles. The van der Waals surface area contributed by atoms with Gasteiger partial charge in [-0.2, -0.15) is 0 Å². The van der Waals surface area contributed by atoms with Gasteiger partial charge in [0.15, 0.2) is 23.1 Å². The van der Waals surface area contributed by atoms with Crippen LogP contribution in [0.5, 0.6) is 17.2 Å². The minimum Gasteiger partial charge on any atom is -0.494 e. The van der Waals surface area contributed by atoms with E-state index >= 15 is 4.39 Å². The summed E-state index contributed by atoms with van der Waals surface area (Å²) in [5, 5.41) is 9.01. The average molecular weight is 580 g/mol. The maximum Gasteiger partial charge on any atom is 0.197 e. The number of hydrogen-bond acceptors (Lipinski definition) is 6. The number of ketones is 1. The highest BCUT2D eigenvalue weighted by molar-refractivity contribution is 6.07. The maximum atomic E-state index is 15.9. The van der Waals surface area contributed by atoms with E-state index in [-0.39, 0.29) is 41.5 Å². The number of benzene rings is 2. The van der Waals surface area contributed by atoms with Crippen LogP contribution in [0.25, 0.3) is 0 Å². The molecule has 1 N–H and O–H groups in total. The molecular weight excluding hydrogens is 533 g/mol. The average Bonchev–Trinajstić information content (AvgIpc) is 3.58. The third kappa shape index (κ3) is 5.01. The van der Waals surface area contributed by atoms with Gasteiger partial charge < -0.3 is 24.0 Å². The highest BCUT2D eigenvalue weighted by Gasteiger charge is 2.45. The monoisotopic (exact) mass is 579 g/mol. The number of Topliss-reactive ketones (excluding diaryl/α,β-unsaturated/α-hetero) is 1. The molecule has 0 amide bonds. The number of rotatable bonds is 9. The number of carbonyl (C=O) groups is 1. The number of halogens is 1. The van der Waals surface area contributed by atoms with Crippen molar-refractivity contribution in [2.24, 2.45) is 11.8 Å². The first-order valence-electron chi connectivity index (χ1n) is 15.3. The molecule has 42 heavy (non-hydrogen) atoms. The first-order chi connectivity index (χ1) is 19.8. The Kier molecular flexibility index (Phi) is 7.96. The highest BCUT2D eigenvalue weighted by Crippen LogP contribution is 2.48. The van der Waals surface area contributed by atoms with Crippen LogP contribution in [-0.2, 0) is 11.0 Å². The topological polar surface area (TPSA) is 75.1 Å². The van der Waals surface area contributed by atoms with Crippen LogP contribution in [-0.4, -0.2) is 56.5 Å². The van der Waals surface area contributed by atoms with Gasteiger partial charge in [-0.05, 0) is 81.5 Å². The van der Waals surface area contributed by atoms with Crippen molar-refractivity contribution >= 4 is 17.3 Å². The molecule has 2 atom stereocenters. The van der Waals surface area contributed by atoms with E-state index in [1.165, 1.54) is 19.3 Å². The van der Waals surface area contributed by atoms with E-state index in [1.54, 1.807) is 25.0 Å². The molecule has 2 aliphatic heterocycles. The molecule has 8 heteroatoms. The Balaban J connectivity index is 1.52. The second kappa shape index (κ2) is 11.1. The lowest BCUT2D eigenvalue weighted by Gasteiger charge is -2.34. The number of ether oxygens (including phenoxy) is 3. The third-order valence-electron chi connectivity index (χ3n) is 9.39. The Labute approximate surface area is 249 Å². The smallest absolute Gasteiger partial charge is 0.197 e. The van der Waals surface area contributed by atoms with Gasteiger partial charge in [0.25, 0.3) is 0 Å². The number of methoxy groups -OCH3 is 1. The van der Waals surface area contributed by atoms with Gasteiger partial charge in [-0.3, -0.25) is 10.2 Å². The number of amidine groups is 1. The van der Waals surface area contributed by atoms with Gasteiger partial charge in [-0.15, -0.1) is 0 Å². The van der Waals surface area contributed by atoms with Crippen molar-refractivity contribution < 1.29 is 23.4 Å². The van der Waals surface area contributed by atoms with Crippen molar-refractivity contribution in [3.63, 3.8) is 0 Å². The van der Waals surface area contributed by atoms with E-state index < -0.39 is 11.4 Å². The SMILES string of the molecule is CCOc1cc2c(c(F)c1OCC)C(=N)N(CC(=O)c1cc(N3C[C@@H]4CCC[C@H]4C3)c(OC)c(C(C)(C)C)c1)C2(C)C. The van der Waals surface area contributed by atoms with Crippen LogP contribution in [0.15, 0.2) is 18.2 Å². The summed E-state index contributed by atoms with van der Waals surface area (Å²) in [4.78, 5) is 18.2. The number of hydrogen-bond donors (Lipinski definition) is 1. The quantitative estimate of drug-likeness (QED) is 0.325. The van der Waals surface area contributed by atoms with Crippen LogP contribution in [0.4, 0.5) is 10.1 Å². The molecule has 1 saturated heterocycles. The third-order valence-corrected chi connectivity index (χ3v) is 9.39. The predicted octanol–water partition coefficient (Wildman–Crippen LogP) is 6.92. The molecule has 0 radical (unpaired) electrons. The van der Waals surface area contributed by atoms with Gasteiger partial charge in [-0.1, -0.05) is 27.2 Å². The van der Waals surface area contributed by atoms with Gasteiger partial charge >= 0.3 is 0 Å². The first kappa shape index (κ1) is 30.2. The standard InChI is InChI=1S/C34H46FN3O4/c1-9-41-27-16-23-28(29(35)31(27)42-10-2)32(36)38(34(23,6)7)19-26(39)22-14-24(33(3,4)5)30(40-8)25(15-22)37-17-20-12-11-13-21(20)18-37/h14-16,20-21,36H,9-13,17-19H2,1-8H3/t20-,21-/m0/s1. The molecular formula is C34H46FN3O4. The van der Waals surface area contributed by atoms with Gasteiger partial charge in [0.05, 0.1) is 43.7 Å². The normalized spacial score (nSPS) is 21.0. The van der Waals surface area contributed by atoms with Gasteiger partial charge in [-0.25, -0.2) is 4.39 Å². The summed E-state index contributed by atoms with van der Waals surface area (Å²) in [6.07, 6.45) is 3.81. The molecule has 2 fully saturated rings. The van der Waals surface area contributed by atoms with Crippen molar-refractivity contribution in [2.45, 2.75) is 78.7 Å². The Hall–Kier alpha value is -3.29. The van der Waals surface area contributed by atoms with Crippen molar-refractivity contribution in [1.29, 1.82) is 5.41 Å². The van der Waals surface area contributed by atoms with E-state index in [9.17, 15) is 4.79 Å². The molecule has 5 rings (SSSR count). The summed E-state index contributed by atoms with van der Waals surface area (Å²) < 4.78 is 33.2. The second-order valence-electron chi connectivity index (χ2n) is 13.4. The van der Waals surface area contributed by atoms with Crippen LogP contribution in [0.2, 0.25) is 0 Å². The fourth-order valence-electron chi connectivity index (χ4n) is 7.15. The van der Waals surface area contributed by atoms with Crippen LogP contribution in [0.1, 0.15) is 94.8 Å². The second-order valence-corrected chi connectivity index (χ2v) is 13.4. The molecule has 2 heterocycles. The molecule has 1 saturated carbocycles. The fraction of sp³-hybridized carbons (Fsp3) is 0.588. The zero-order valence-corrected chi connectivity index (χ0v) is 26.4. The van der Waals surface area contributed by atoms with E-state index in [1.807, 2.05) is 32.9 Å². The van der Waals surface area contributed by atoms with Crippen molar-refractivity contribution in [3.05, 3.63) is 46.3 Å². The van der Waals surface area contributed by atoms with Crippen LogP contribution in [0, 0.1) is 23.1 Å². The van der Waals surface area contributed by atoms with Gasteiger partial charge in [0.1, 0.15) is 11.6 Å². The lowest BCUT2D eigenvalue weighted by Crippen LogP contribution is -2.42. The number of carbonyl (C=O) groups excluding carboxylic acids is 1. The fourth-order valence-corrected chi connectivity index (χ4v) is 7.15. The van der Waals surface area contributed by atoms with Crippen molar-refractivity contribution in [2.75, 3.05) is 44.9 Å². The first-order valence-corrected chi connectivity index (χ1v) is 15.3. The molecule has 228 valence electrons. The summed E-state index contributed by atoms with van der Waals surface area (Å²) in [5.74, 6) is 1.77. The summed E-state index contributed by atoms with van der Waals surface area (Å²) in [7, 11) is 1.71. The summed E-state index contributed by atoms with van der Waals surface area (Å²) in [6, 6.07) is 5.68. The Bertz CT molecular complexity index is 1380. The zero-order valence-electron chi connectivity index (χ0n) is 26.4. The minimum absolute atomic E-state index is 0.0109. The predicted molar refractivity (Wildman–Crippen MR) is 164 cm³/mol. The summed E-state index contributed by atoms with van der Waals surface area (Å²) in [5.41, 5.74) is 2.24. The number of anilines is 1. The molecule has 0 bridgehead atoms. The van der Waals surface area contributed by atoms with E-state index in [2.05, 4.69) is 25.7 Å². The lowest BCUT2D eigenvalue weighted by molar-refractivity contribution is 0.0920. The van der Waals surface area contributed by atoms with Gasteiger partial charge in [0.2, 0.25) is 0 Å². The summed E-state index contributed by atoms with van der Waals surface area (Å²) in [6.45, 7) is 16.4. The van der Waals surface area contributed by atoms with E-state index in [0.29, 0.717) is 35.3 Å². The Morgan fingerprint density at radius 3 is 2.26 bits per heavy atom. The Morgan fingerprint density at radius 1 is 1.05 bits per heavy atom. The highest BCUT2D eigenvalue weighted by atomic mass is 19.1. The zero-order chi connectivity index (χ0) is 30.6. The minimum atomic E-state index is -0.811. The number of nitrogens with zero attached hydrogens (tertiary/aromatic N) is 2. The number of nitrogens with one attached hydrogen (secondary N) is 1. The Morgan fingerprint density at radius 2 is 1.69 bits per heavy atom. The van der Waals surface area contributed by atoms with Crippen molar-refractivity contribution in [3.8, 4) is 17.2 Å². The summed E-state index contributed by atoms with van der Waals surface area (Å²) >= 11 is 0. The van der Waals surface area contributed by atoms with Crippen LogP contribution < -0.4 is 19.1 Å². The largest absolute Gasteiger partial charge is 0.494 e. The number of fused-ring (bicyclic) bond motifs is 2. The maximum absolute atomic E-state index is 15.9. The molecule has 0 unspecified atom stereocenters. The van der Waals surface area contributed by atoms with E-state index in [4.69, 9.17) is 19.6 Å². The van der Waals surface area contributed by atoms with Crippen LogP contribution in [0.3, 0.4) is 0 Å². The van der Waals surface area contributed by atoms with Crippen LogP contribution >= 0.6 is 0 Å². The molecule has 2 aromatic carbocycles. The molecule has 1 aliphatic carbocycles. The molecule has 7 nitrogen and oxygen atoms in total. The lowest BCUT2D eigenvalue weighted by atomic mass is 9.84. The van der Waals surface area contributed by atoms with E-state index in [0.717, 1.165) is 30.1 Å². The molecule has 3 aliphatic rings.